The van der Waals surface area contributed by atoms with Gasteiger partial charge in [-0.1, -0.05) is 17.4 Å². The quantitative estimate of drug-likeness (QED) is 0.693. The van der Waals surface area contributed by atoms with Crippen molar-refractivity contribution in [2.75, 3.05) is 11.9 Å². The molecule has 3 heterocycles. The summed E-state index contributed by atoms with van der Waals surface area (Å²) >= 11 is 1.08. The van der Waals surface area contributed by atoms with Crippen LogP contribution in [0.25, 0.3) is 5.82 Å². The Morgan fingerprint density at radius 3 is 2.81 bits per heavy atom. The van der Waals surface area contributed by atoms with Gasteiger partial charge in [0.05, 0.1) is 29.8 Å². The number of anilines is 1. The zero-order valence-electron chi connectivity index (χ0n) is 14.5. The second-order valence-corrected chi connectivity index (χ2v) is 6.35. The van der Waals surface area contributed by atoms with Crippen molar-refractivity contribution in [3.8, 4) is 5.82 Å². The number of amides is 1. The number of carbonyl (C=O) groups is 2. The van der Waals surface area contributed by atoms with Crippen molar-refractivity contribution in [2.45, 2.75) is 20.8 Å². The molecule has 3 aromatic rings. The molecular formula is C17H17N5O3S. The van der Waals surface area contributed by atoms with Gasteiger partial charge in [-0.2, -0.15) is 5.10 Å². The van der Waals surface area contributed by atoms with Crippen molar-refractivity contribution >= 4 is 28.3 Å². The zero-order valence-corrected chi connectivity index (χ0v) is 15.3. The van der Waals surface area contributed by atoms with E-state index in [1.807, 2.05) is 12.1 Å². The summed E-state index contributed by atoms with van der Waals surface area (Å²) in [6.07, 6.45) is 3.14. The SMILES string of the molecule is CCOC(=O)c1sc(NC(=O)c2cnn(-c3ccccn3)c2C)nc1C. The molecule has 3 aromatic heterocycles. The van der Waals surface area contributed by atoms with Crippen LogP contribution in [-0.2, 0) is 4.74 Å². The summed E-state index contributed by atoms with van der Waals surface area (Å²) in [5, 5.41) is 7.27. The molecule has 0 aliphatic carbocycles. The van der Waals surface area contributed by atoms with Crippen molar-refractivity contribution < 1.29 is 14.3 Å². The highest BCUT2D eigenvalue weighted by molar-refractivity contribution is 7.17. The summed E-state index contributed by atoms with van der Waals surface area (Å²) in [6.45, 7) is 5.50. The standard InChI is InChI=1S/C17H17N5O3S/c1-4-25-16(24)14-10(2)20-17(26-14)21-15(23)12-9-19-22(11(12)3)13-7-5-6-8-18-13/h5-9H,4H2,1-3H3,(H,20,21,23). The third kappa shape index (κ3) is 3.47. The van der Waals surface area contributed by atoms with Gasteiger partial charge in [-0.05, 0) is 32.9 Å². The van der Waals surface area contributed by atoms with Crippen molar-refractivity contribution in [1.29, 1.82) is 0 Å². The number of thiazole rings is 1. The first-order valence-corrected chi connectivity index (χ1v) is 8.74. The fourth-order valence-electron chi connectivity index (χ4n) is 2.34. The molecule has 0 unspecified atom stereocenters. The van der Waals surface area contributed by atoms with Crippen LogP contribution in [0.4, 0.5) is 5.13 Å². The van der Waals surface area contributed by atoms with Gasteiger partial charge < -0.3 is 4.74 Å². The molecule has 0 aliphatic heterocycles. The molecule has 0 saturated carbocycles. The molecule has 9 heteroatoms. The summed E-state index contributed by atoms with van der Waals surface area (Å²) in [4.78, 5) is 33.2. The van der Waals surface area contributed by atoms with Gasteiger partial charge in [0.2, 0.25) is 0 Å². The molecule has 26 heavy (non-hydrogen) atoms. The van der Waals surface area contributed by atoms with Gasteiger partial charge in [-0.25, -0.2) is 19.4 Å². The van der Waals surface area contributed by atoms with Crippen LogP contribution in [0.1, 0.15) is 38.3 Å². The first-order chi connectivity index (χ1) is 12.5. The number of aryl methyl sites for hydroxylation is 1. The van der Waals surface area contributed by atoms with Crippen LogP contribution in [0.3, 0.4) is 0 Å². The average Bonchev–Trinajstić information content (AvgIpc) is 3.18. The lowest BCUT2D eigenvalue weighted by Crippen LogP contribution is -2.13. The van der Waals surface area contributed by atoms with Crippen LogP contribution in [0.5, 0.6) is 0 Å². The number of ether oxygens (including phenoxy) is 1. The smallest absolute Gasteiger partial charge is 0.350 e. The van der Waals surface area contributed by atoms with E-state index in [2.05, 4.69) is 20.4 Å². The van der Waals surface area contributed by atoms with Gasteiger partial charge in [0.15, 0.2) is 10.9 Å². The Bertz CT molecular complexity index is 949. The lowest BCUT2D eigenvalue weighted by atomic mass is 10.2. The molecule has 0 aromatic carbocycles. The third-order valence-corrected chi connectivity index (χ3v) is 4.65. The van der Waals surface area contributed by atoms with Gasteiger partial charge in [0, 0.05) is 6.20 Å². The third-order valence-electron chi connectivity index (χ3n) is 3.60. The first kappa shape index (κ1) is 17.7. The van der Waals surface area contributed by atoms with E-state index in [0.717, 1.165) is 11.3 Å². The maximum absolute atomic E-state index is 12.6. The Kier molecular flexibility index (Phi) is 5.08. The number of hydrogen-bond acceptors (Lipinski definition) is 7. The summed E-state index contributed by atoms with van der Waals surface area (Å²) in [7, 11) is 0. The minimum Gasteiger partial charge on any atom is -0.462 e. The molecular weight excluding hydrogens is 354 g/mol. The van der Waals surface area contributed by atoms with E-state index in [9.17, 15) is 9.59 Å². The molecule has 1 N–H and O–H groups in total. The molecule has 0 aliphatic rings. The number of nitrogens with one attached hydrogen (secondary N) is 1. The van der Waals surface area contributed by atoms with E-state index in [-0.39, 0.29) is 12.5 Å². The van der Waals surface area contributed by atoms with E-state index in [1.54, 1.807) is 37.7 Å². The lowest BCUT2D eigenvalue weighted by molar-refractivity contribution is 0.0531. The second-order valence-electron chi connectivity index (χ2n) is 5.35. The van der Waals surface area contributed by atoms with Gasteiger partial charge >= 0.3 is 5.97 Å². The molecule has 134 valence electrons. The summed E-state index contributed by atoms with van der Waals surface area (Å²) < 4.78 is 6.57. The number of aromatic nitrogens is 4. The lowest BCUT2D eigenvalue weighted by Gasteiger charge is -2.04. The van der Waals surface area contributed by atoms with Crippen molar-refractivity contribution in [3.63, 3.8) is 0 Å². The Hall–Kier alpha value is -3.07. The predicted octanol–water partition coefficient (Wildman–Crippen LogP) is 2.77. The first-order valence-electron chi connectivity index (χ1n) is 7.93. The monoisotopic (exact) mass is 371 g/mol. The Morgan fingerprint density at radius 1 is 1.31 bits per heavy atom. The largest absolute Gasteiger partial charge is 0.462 e. The highest BCUT2D eigenvalue weighted by Crippen LogP contribution is 2.24. The van der Waals surface area contributed by atoms with Crippen LogP contribution >= 0.6 is 11.3 Å². The molecule has 3 rings (SSSR count). The van der Waals surface area contributed by atoms with E-state index in [1.165, 1.54) is 6.20 Å². The van der Waals surface area contributed by atoms with Crippen LogP contribution < -0.4 is 5.32 Å². The van der Waals surface area contributed by atoms with E-state index in [4.69, 9.17) is 4.74 Å². The number of carbonyl (C=O) groups excluding carboxylic acids is 2. The van der Waals surface area contributed by atoms with Gasteiger partial charge in [-0.3, -0.25) is 10.1 Å². The van der Waals surface area contributed by atoms with E-state index in [0.29, 0.717) is 32.8 Å². The van der Waals surface area contributed by atoms with Gasteiger partial charge in [0.25, 0.3) is 5.91 Å². The molecule has 1 amide bonds. The topological polar surface area (TPSA) is 99.0 Å². The molecule has 0 spiro atoms. The minimum absolute atomic E-state index is 0.282. The van der Waals surface area contributed by atoms with Crippen molar-refractivity contribution in [2.24, 2.45) is 0 Å². The average molecular weight is 371 g/mol. The Labute approximate surface area is 153 Å². The number of esters is 1. The predicted molar refractivity (Wildman–Crippen MR) is 96.9 cm³/mol. The van der Waals surface area contributed by atoms with Crippen LogP contribution in [0.2, 0.25) is 0 Å². The molecule has 0 bridgehead atoms. The molecule has 0 saturated heterocycles. The Morgan fingerprint density at radius 2 is 2.12 bits per heavy atom. The highest BCUT2D eigenvalue weighted by atomic mass is 32.1. The van der Waals surface area contributed by atoms with E-state index >= 15 is 0 Å². The maximum atomic E-state index is 12.6. The maximum Gasteiger partial charge on any atom is 0.350 e. The normalized spacial score (nSPS) is 10.6. The number of hydrogen-bond donors (Lipinski definition) is 1. The fraction of sp³-hybridized carbons (Fsp3) is 0.235. The summed E-state index contributed by atoms with van der Waals surface area (Å²) in [5.74, 6) is -0.172. The Balaban J connectivity index is 1.80. The van der Waals surface area contributed by atoms with Gasteiger partial charge in [0.1, 0.15) is 4.88 Å². The molecule has 0 fully saturated rings. The second kappa shape index (κ2) is 7.44. The fourth-order valence-corrected chi connectivity index (χ4v) is 3.20. The van der Waals surface area contributed by atoms with Gasteiger partial charge in [-0.15, -0.1) is 0 Å². The van der Waals surface area contributed by atoms with E-state index < -0.39 is 5.97 Å². The number of rotatable bonds is 5. The summed E-state index contributed by atoms with van der Waals surface area (Å²) in [5.41, 5.74) is 1.57. The molecule has 0 radical (unpaired) electrons. The number of nitrogens with zero attached hydrogens (tertiary/aromatic N) is 4. The zero-order chi connectivity index (χ0) is 18.7. The van der Waals surface area contributed by atoms with Crippen LogP contribution in [-0.4, -0.2) is 38.2 Å². The van der Waals surface area contributed by atoms with Crippen LogP contribution in [0.15, 0.2) is 30.6 Å². The minimum atomic E-state index is -0.442. The number of pyridine rings is 1. The van der Waals surface area contributed by atoms with Crippen LogP contribution in [0, 0.1) is 13.8 Å². The van der Waals surface area contributed by atoms with Crippen molar-refractivity contribution in [3.05, 3.63) is 52.4 Å². The van der Waals surface area contributed by atoms with Crippen molar-refractivity contribution in [1.82, 2.24) is 19.7 Å². The highest BCUT2D eigenvalue weighted by Gasteiger charge is 2.20. The molecule has 8 nitrogen and oxygen atoms in total. The summed E-state index contributed by atoms with van der Waals surface area (Å²) in [6, 6.07) is 5.46. The molecule has 0 atom stereocenters.